The van der Waals surface area contributed by atoms with Crippen LogP contribution in [0.2, 0.25) is 0 Å². The van der Waals surface area contributed by atoms with Gasteiger partial charge in [0, 0.05) is 3.57 Å². The fourth-order valence-corrected chi connectivity index (χ4v) is 3.15. The second-order valence-electron chi connectivity index (χ2n) is 5.61. The lowest BCUT2D eigenvalue weighted by atomic mass is 10.2. The van der Waals surface area contributed by atoms with Crippen molar-refractivity contribution in [1.29, 1.82) is 0 Å². The highest BCUT2D eigenvalue weighted by atomic mass is 127. The van der Waals surface area contributed by atoms with Gasteiger partial charge in [-0.2, -0.15) is 0 Å². The van der Waals surface area contributed by atoms with Crippen LogP contribution < -0.4 is 0 Å². The van der Waals surface area contributed by atoms with E-state index in [9.17, 15) is 5.11 Å². The molecule has 0 fully saturated rings. The quantitative estimate of drug-likeness (QED) is 0.418. The van der Waals surface area contributed by atoms with Gasteiger partial charge in [0.2, 0.25) is 0 Å². The molecule has 0 spiro atoms. The molecule has 3 aromatic rings. The van der Waals surface area contributed by atoms with Crippen molar-refractivity contribution in [2.45, 2.75) is 19.2 Å². The van der Waals surface area contributed by atoms with Gasteiger partial charge in [-0.3, -0.25) is 0 Å². The number of hydrogen-bond acceptors (Lipinski definition) is 3. The predicted molar refractivity (Wildman–Crippen MR) is 106 cm³/mol. The Hall–Kier alpha value is -1.73. The molecule has 0 aliphatic rings. The van der Waals surface area contributed by atoms with Gasteiger partial charge in [0.05, 0.1) is 18.8 Å². The molecule has 0 unspecified atom stereocenters. The van der Waals surface area contributed by atoms with Crippen LogP contribution >= 0.6 is 22.6 Å². The first-order valence-corrected chi connectivity index (χ1v) is 9.08. The van der Waals surface area contributed by atoms with Crippen LogP contribution in [0.4, 0.5) is 0 Å². The first kappa shape index (κ1) is 18.1. The van der Waals surface area contributed by atoms with Crippen molar-refractivity contribution in [2.75, 3.05) is 0 Å². The van der Waals surface area contributed by atoms with E-state index in [1.54, 1.807) is 0 Å². The Morgan fingerprint density at radius 1 is 0.680 bits per heavy atom. The van der Waals surface area contributed by atoms with E-state index >= 15 is 0 Å². The van der Waals surface area contributed by atoms with Crippen LogP contribution in [0.1, 0.15) is 16.7 Å². The van der Waals surface area contributed by atoms with Crippen LogP contribution in [-0.4, -0.2) is 5.11 Å². The van der Waals surface area contributed by atoms with E-state index in [-0.39, 0.29) is 13.2 Å². The number of rotatable bonds is 7. The van der Waals surface area contributed by atoms with E-state index in [4.69, 9.17) is 9.47 Å². The molecule has 3 rings (SSSR count). The zero-order valence-corrected chi connectivity index (χ0v) is 15.8. The maximum absolute atomic E-state index is 11.1. The third-order valence-corrected chi connectivity index (χ3v) is 4.71. The van der Waals surface area contributed by atoms with Crippen molar-refractivity contribution in [2.24, 2.45) is 0 Å². The normalized spacial score (nSPS) is 11.4. The fourth-order valence-electron chi connectivity index (χ4n) is 2.43. The second-order valence-corrected chi connectivity index (χ2v) is 6.77. The number of benzene rings is 3. The van der Waals surface area contributed by atoms with Gasteiger partial charge in [-0.25, -0.2) is 0 Å². The molecule has 3 nitrogen and oxygen atoms in total. The second kappa shape index (κ2) is 8.58. The summed E-state index contributed by atoms with van der Waals surface area (Å²) in [5.74, 6) is -1.82. The molecule has 0 saturated heterocycles. The SMILES string of the molecule is OC(OCc1ccccc1)(OCc1ccccc1)c1ccccc1I. The Morgan fingerprint density at radius 3 is 1.60 bits per heavy atom. The predicted octanol–water partition coefficient (Wildman–Crippen LogP) is 4.83. The molecule has 0 heterocycles. The van der Waals surface area contributed by atoms with Gasteiger partial charge in [0.15, 0.2) is 0 Å². The molecule has 0 atom stereocenters. The summed E-state index contributed by atoms with van der Waals surface area (Å²) in [6.07, 6.45) is 0. The summed E-state index contributed by atoms with van der Waals surface area (Å²) in [6, 6.07) is 27.0. The van der Waals surface area contributed by atoms with Crippen LogP contribution in [0, 0.1) is 3.57 Å². The van der Waals surface area contributed by atoms with Crippen molar-refractivity contribution in [3.8, 4) is 0 Å². The molecule has 0 radical (unpaired) electrons. The van der Waals surface area contributed by atoms with Crippen LogP contribution in [0.15, 0.2) is 84.9 Å². The van der Waals surface area contributed by atoms with E-state index in [0.29, 0.717) is 5.56 Å². The van der Waals surface area contributed by atoms with Gasteiger partial charge in [-0.1, -0.05) is 72.8 Å². The average molecular weight is 446 g/mol. The lowest BCUT2D eigenvalue weighted by Gasteiger charge is -2.29. The Kier molecular flexibility index (Phi) is 6.20. The number of halogens is 1. The minimum absolute atomic E-state index is 0.247. The standard InChI is InChI=1S/C21H19IO3/c22-20-14-8-7-13-19(20)21(23,24-15-17-9-3-1-4-10-17)25-16-18-11-5-2-6-12-18/h1-14,23H,15-16H2. The summed E-state index contributed by atoms with van der Waals surface area (Å²) in [7, 11) is 0. The van der Waals surface area contributed by atoms with Crippen molar-refractivity contribution < 1.29 is 14.6 Å². The molecule has 0 saturated carbocycles. The maximum atomic E-state index is 11.1. The van der Waals surface area contributed by atoms with E-state index in [1.165, 1.54) is 0 Å². The van der Waals surface area contributed by atoms with Gasteiger partial charge < -0.3 is 14.6 Å². The molecule has 1 N–H and O–H groups in total. The van der Waals surface area contributed by atoms with Crippen molar-refractivity contribution in [3.05, 3.63) is 105 Å². The first-order chi connectivity index (χ1) is 12.2. The van der Waals surface area contributed by atoms with E-state index in [0.717, 1.165) is 14.7 Å². The molecule has 25 heavy (non-hydrogen) atoms. The van der Waals surface area contributed by atoms with Crippen molar-refractivity contribution in [1.82, 2.24) is 0 Å². The smallest absolute Gasteiger partial charge is 0.311 e. The molecule has 0 amide bonds. The lowest BCUT2D eigenvalue weighted by Crippen LogP contribution is -2.33. The highest BCUT2D eigenvalue weighted by molar-refractivity contribution is 14.1. The van der Waals surface area contributed by atoms with Crippen LogP contribution in [0.25, 0.3) is 0 Å². The Bertz CT molecular complexity index is 747. The van der Waals surface area contributed by atoms with Gasteiger partial charge in [-0.15, -0.1) is 0 Å². The summed E-state index contributed by atoms with van der Waals surface area (Å²) >= 11 is 2.17. The Morgan fingerprint density at radius 2 is 1.12 bits per heavy atom. The molecular weight excluding hydrogens is 427 g/mol. The molecule has 0 aliphatic heterocycles. The summed E-state index contributed by atoms with van der Waals surface area (Å²) in [4.78, 5) is 0. The molecule has 4 heteroatoms. The number of aliphatic hydroxyl groups is 1. The minimum atomic E-state index is -1.82. The zero-order valence-electron chi connectivity index (χ0n) is 13.6. The van der Waals surface area contributed by atoms with Crippen LogP contribution in [-0.2, 0) is 28.7 Å². The molecule has 0 aliphatic carbocycles. The topological polar surface area (TPSA) is 38.7 Å². The summed E-state index contributed by atoms with van der Waals surface area (Å²) in [5, 5.41) is 11.1. The fraction of sp³-hybridized carbons (Fsp3) is 0.143. The van der Waals surface area contributed by atoms with Gasteiger partial charge in [0.25, 0.3) is 0 Å². The zero-order chi connectivity index (χ0) is 17.5. The summed E-state index contributed by atoms with van der Waals surface area (Å²) in [5.41, 5.74) is 2.54. The highest BCUT2D eigenvalue weighted by Gasteiger charge is 2.34. The summed E-state index contributed by atoms with van der Waals surface area (Å²) in [6.45, 7) is 0.494. The molecule has 0 aromatic heterocycles. The first-order valence-electron chi connectivity index (χ1n) is 8.00. The average Bonchev–Trinajstić information content (AvgIpc) is 2.67. The van der Waals surface area contributed by atoms with E-state index in [2.05, 4.69) is 22.6 Å². The Balaban J connectivity index is 1.81. The van der Waals surface area contributed by atoms with Gasteiger partial charge in [0.1, 0.15) is 0 Å². The number of hydrogen-bond donors (Lipinski definition) is 1. The van der Waals surface area contributed by atoms with Crippen molar-refractivity contribution in [3.63, 3.8) is 0 Å². The molecular formula is C21H19IO3. The third-order valence-electron chi connectivity index (χ3n) is 3.77. The molecule has 3 aromatic carbocycles. The molecule has 0 bridgehead atoms. The van der Waals surface area contributed by atoms with Crippen molar-refractivity contribution >= 4 is 22.6 Å². The van der Waals surface area contributed by atoms with E-state index in [1.807, 2.05) is 84.9 Å². The van der Waals surface area contributed by atoms with Crippen LogP contribution in [0.3, 0.4) is 0 Å². The number of ether oxygens (including phenoxy) is 2. The monoisotopic (exact) mass is 446 g/mol. The molecule has 128 valence electrons. The van der Waals surface area contributed by atoms with E-state index < -0.39 is 5.97 Å². The van der Waals surface area contributed by atoms with Gasteiger partial charge in [-0.05, 0) is 45.9 Å². The largest absolute Gasteiger partial charge is 0.339 e. The highest BCUT2D eigenvalue weighted by Crippen LogP contribution is 2.30. The van der Waals surface area contributed by atoms with Crippen LogP contribution in [0.5, 0.6) is 0 Å². The lowest BCUT2D eigenvalue weighted by molar-refractivity contribution is -0.383. The minimum Gasteiger partial charge on any atom is -0.339 e. The Labute approximate surface area is 161 Å². The third kappa shape index (κ3) is 4.89. The van der Waals surface area contributed by atoms with Gasteiger partial charge >= 0.3 is 5.97 Å². The summed E-state index contributed by atoms with van der Waals surface area (Å²) < 4.78 is 12.5. The maximum Gasteiger partial charge on any atom is 0.311 e.